The van der Waals surface area contributed by atoms with E-state index in [9.17, 15) is 4.79 Å². The summed E-state index contributed by atoms with van der Waals surface area (Å²) in [5.74, 6) is 0.875. The molecule has 0 atom stereocenters. The van der Waals surface area contributed by atoms with E-state index in [2.05, 4.69) is 61.4 Å². The van der Waals surface area contributed by atoms with Crippen LogP contribution in [0, 0.1) is 13.8 Å². The number of nitrogens with one attached hydrogen (secondary N) is 1. The molecule has 2 aromatic carbocycles. The Hall–Kier alpha value is -2.11. The van der Waals surface area contributed by atoms with Crippen molar-refractivity contribution >= 4 is 34.7 Å². The molecular formula is C24H28N2OS2. The van der Waals surface area contributed by atoms with Crippen LogP contribution < -0.4 is 5.32 Å². The van der Waals surface area contributed by atoms with Gasteiger partial charge in [-0.15, -0.1) is 11.3 Å². The van der Waals surface area contributed by atoms with Crippen LogP contribution in [-0.4, -0.2) is 10.9 Å². The van der Waals surface area contributed by atoms with Gasteiger partial charge in [-0.25, -0.2) is 4.98 Å². The minimum absolute atomic E-state index is 0.0253. The lowest BCUT2D eigenvalue weighted by atomic mass is 10.1. The van der Waals surface area contributed by atoms with Crippen LogP contribution in [0.3, 0.4) is 0 Å². The predicted molar refractivity (Wildman–Crippen MR) is 125 cm³/mol. The molecule has 0 aliphatic carbocycles. The number of anilines is 1. The molecule has 5 heteroatoms. The lowest BCUT2D eigenvalue weighted by molar-refractivity contribution is -0.115. The fourth-order valence-corrected chi connectivity index (χ4v) is 4.94. The number of unbranched alkanes of at least 4 members (excludes halogenated alkanes) is 1. The van der Waals surface area contributed by atoms with Crippen molar-refractivity contribution in [1.29, 1.82) is 0 Å². The lowest BCUT2D eigenvalue weighted by Gasteiger charge is -2.06. The number of thiazole rings is 1. The van der Waals surface area contributed by atoms with Crippen LogP contribution in [0.2, 0.25) is 0 Å². The fourth-order valence-electron chi connectivity index (χ4n) is 3.04. The van der Waals surface area contributed by atoms with Crippen LogP contribution in [0.5, 0.6) is 0 Å². The first-order chi connectivity index (χ1) is 14.0. The number of rotatable bonds is 9. The zero-order chi connectivity index (χ0) is 20.6. The Balaban J connectivity index is 1.50. The quantitative estimate of drug-likeness (QED) is 0.395. The van der Waals surface area contributed by atoms with Gasteiger partial charge in [0.05, 0.1) is 12.1 Å². The van der Waals surface area contributed by atoms with Crippen molar-refractivity contribution in [1.82, 2.24) is 4.98 Å². The largest absolute Gasteiger partial charge is 0.326 e. The number of hydrogen-bond acceptors (Lipinski definition) is 4. The van der Waals surface area contributed by atoms with E-state index in [-0.39, 0.29) is 5.91 Å². The van der Waals surface area contributed by atoms with Gasteiger partial charge in [0.1, 0.15) is 4.34 Å². The van der Waals surface area contributed by atoms with E-state index < -0.39 is 0 Å². The number of nitrogens with zero attached hydrogens (tertiary/aromatic N) is 1. The molecule has 0 aliphatic heterocycles. The van der Waals surface area contributed by atoms with Crippen molar-refractivity contribution in [3.63, 3.8) is 0 Å². The van der Waals surface area contributed by atoms with Crippen LogP contribution in [-0.2, 0) is 23.4 Å². The molecular weight excluding hydrogens is 396 g/mol. The number of carbonyl (C=O) groups is 1. The molecule has 3 aromatic rings. The Morgan fingerprint density at radius 1 is 1.14 bits per heavy atom. The number of aryl methyl sites for hydroxylation is 3. The molecule has 0 aliphatic rings. The fraction of sp³-hybridized carbons (Fsp3) is 0.333. The van der Waals surface area contributed by atoms with Gasteiger partial charge in [0, 0.05) is 16.8 Å². The van der Waals surface area contributed by atoms with E-state index in [4.69, 9.17) is 0 Å². The van der Waals surface area contributed by atoms with Crippen molar-refractivity contribution in [2.24, 2.45) is 0 Å². The minimum Gasteiger partial charge on any atom is -0.326 e. The number of amides is 1. The molecule has 0 saturated heterocycles. The van der Waals surface area contributed by atoms with Gasteiger partial charge in [-0.05, 0) is 55.5 Å². The summed E-state index contributed by atoms with van der Waals surface area (Å²) in [5, 5.41) is 4.96. The highest BCUT2D eigenvalue weighted by atomic mass is 32.2. The van der Waals surface area contributed by atoms with Gasteiger partial charge >= 0.3 is 0 Å². The molecule has 0 unspecified atom stereocenters. The molecule has 3 nitrogen and oxygen atoms in total. The Morgan fingerprint density at radius 3 is 2.69 bits per heavy atom. The van der Waals surface area contributed by atoms with Gasteiger partial charge in [0.25, 0.3) is 0 Å². The molecule has 152 valence electrons. The van der Waals surface area contributed by atoms with Gasteiger partial charge in [-0.3, -0.25) is 4.79 Å². The average Bonchev–Trinajstić information content (AvgIpc) is 3.15. The number of carbonyl (C=O) groups excluding carboxylic acids is 1. The first-order valence-corrected chi connectivity index (χ1v) is 11.9. The van der Waals surface area contributed by atoms with Gasteiger partial charge in [-0.2, -0.15) is 0 Å². The summed E-state index contributed by atoms with van der Waals surface area (Å²) in [5.41, 5.74) is 6.91. The molecule has 1 heterocycles. The molecule has 0 bridgehead atoms. The van der Waals surface area contributed by atoms with E-state index >= 15 is 0 Å². The molecule has 0 spiro atoms. The first-order valence-electron chi connectivity index (χ1n) is 10.1. The zero-order valence-corrected chi connectivity index (χ0v) is 19.0. The van der Waals surface area contributed by atoms with Crippen LogP contribution in [0.25, 0.3) is 0 Å². The second-order valence-electron chi connectivity index (χ2n) is 7.35. The predicted octanol–water partition coefficient (Wildman–Crippen LogP) is 6.58. The third-order valence-electron chi connectivity index (χ3n) is 4.78. The molecule has 1 aromatic heterocycles. The van der Waals surface area contributed by atoms with Crippen molar-refractivity contribution in [3.8, 4) is 0 Å². The maximum Gasteiger partial charge on any atom is 0.230 e. The summed E-state index contributed by atoms with van der Waals surface area (Å²) in [6, 6.07) is 14.7. The van der Waals surface area contributed by atoms with Gasteiger partial charge in [0.15, 0.2) is 0 Å². The number of hydrogen-bond donors (Lipinski definition) is 1. The van der Waals surface area contributed by atoms with E-state index in [1.54, 1.807) is 23.1 Å². The highest BCUT2D eigenvalue weighted by Crippen LogP contribution is 2.28. The Morgan fingerprint density at radius 2 is 1.93 bits per heavy atom. The SMILES string of the molecule is CCCCc1ccc(NC(=O)Cc2csc(SCc3cc(C)ccc3C)n2)cc1. The molecule has 3 rings (SSSR count). The highest BCUT2D eigenvalue weighted by Gasteiger charge is 2.10. The maximum atomic E-state index is 12.4. The molecule has 29 heavy (non-hydrogen) atoms. The topological polar surface area (TPSA) is 42.0 Å². The van der Waals surface area contributed by atoms with Crippen LogP contribution in [0.1, 0.15) is 47.7 Å². The summed E-state index contributed by atoms with van der Waals surface area (Å²) in [4.78, 5) is 17.0. The van der Waals surface area contributed by atoms with Gasteiger partial charge in [0.2, 0.25) is 5.91 Å². The normalized spacial score (nSPS) is 10.9. The zero-order valence-electron chi connectivity index (χ0n) is 17.3. The monoisotopic (exact) mass is 424 g/mol. The number of aromatic nitrogens is 1. The maximum absolute atomic E-state index is 12.4. The van der Waals surface area contributed by atoms with Crippen LogP contribution >= 0.6 is 23.1 Å². The standard InChI is InChI=1S/C24H28N2OS2/c1-4-5-6-19-9-11-21(12-10-19)25-23(27)14-22-16-29-24(26-22)28-15-20-13-17(2)7-8-18(20)3/h7-13,16H,4-6,14-15H2,1-3H3,(H,25,27). The number of benzene rings is 2. The third-order valence-corrected chi connectivity index (χ3v) is 6.90. The smallest absolute Gasteiger partial charge is 0.230 e. The number of thioether (sulfide) groups is 1. The summed E-state index contributed by atoms with van der Waals surface area (Å²) >= 11 is 3.34. The summed E-state index contributed by atoms with van der Waals surface area (Å²) < 4.78 is 1.01. The van der Waals surface area contributed by atoms with Crippen molar-refractivity contribution in [2.45, 2.75) is 56.5 Å². The second-order valence-corrected chi connectivity index (χ2v) is 9.43. The average molecular weight is 425 g/mol. The van der Waals surface area contributed by atoms with Crippen molar-refractivity contribution in [2.75, 3.05) is 5.32 Å². The molecule has 1 N–H and O–H groups in total. The van der Waals surface area contributed by atoms with E-state index in [0.29, 0.717) is 6.42 Å². The molecule has 0 saturated carbocycles. The lowest BCUT2D eigenvalue weighted by Crippen LogP contribution is -2.14. The van der Waals surface area contributed by atoms with Crippen LogP contribution in [0.4, 0.5) is 5.69 Å². The third kappa shape index (κ3) is 6.72. The summed E-state index contributed by atoms with van der Waals surface area (Å²) in [7, 11) is 0. The second kappa shape index (κ2) is 10.6. The van der Waals surface area contributed by atoms with E-state index in [0.717, 1.165) is 27.9 Å². The molecule has 0 radical (unpaired) electrons. The highest BCUT2D eigenvalue weighted by molar-refractivity contribution is 8.00. The Bertz CT molecular complexity index is 948. The summed E-state index contributed by atoms with van der Waals surface area (Å²) in [6.07, 6.45) is 3.78. The first kappa shape index (κ1) is 21.6. The van der Waals surface area contributed by atoms with E-state index in [1.807, 2.05) is 17.5 Å². The van der Waals surface area contributed by atoms with Crippen molar-refractivity contribution in [3.05, 3.63) is 75.8 Å². The Labute approximate surface area is 182 Å². The summed E-state index contributed by atoms with van der Waals surface area (Å²) in [6.45, 7) is 6.45. The molecule has 0 fully saturated rings. The van der Waals surface area contributed by atoms with Crippen LogP contribution in [0.15, 0.2) is 52.2 Å². The molecule has 1 amide bonds. The minimum atomic E-state index is -0.0253. The van der Waals surface area contributed by atoms with Gasteiger partial charge in [-0.1, -0.05) is 61.0 Å². The van der Waals surface area contributed by atoms with Crippen molar-refractivity contribution < 1.29 is 4.79 Å². The Kier molecular flexibility index (Phi) is 7.90. The van der Waals surface area contributed by atoms with E-state index in [1.165, 1.54) is 35.1 Å². The van der Waals surface area contributed by atoms with Gasteiger partial charge < -0.3 is 5.32 Å².